The summed E-state index contributed by atoms with van der Waals surface area (Å²) in [7, 11) is 0. The average molecular weight is 359 g/mol. The fourth-order valence-electron chi connectivity index (χ4n) is 2.50. The second-order valence-electron chi connectivity index (χ2n) is 6.36. The fourth-order valence-corrected chi connectivity index (χ4v) is 2.50. The summed E-state index contributed by atoms with van der Waals surface area (Å²) in [6.07, 6.45) is 0.0838. The Balaban J connectivity index is 2.14. The molecule has 26 heavy (non-hydrogen) atoms. The second-order valence-corrected chi connectivity index (χ2v) is 6.36. The van der Waals surface area contributed by atoms with Crippen LogP contribution in [0.15, 0.2) is 42.5 Å². The number of carbonyl (C=O) groups is 1. The van der Waals surface area contributed by atoms with E-state index in [0.717, 1.165) is 16.9 Å². The summed E-state index contributed by atoms with van der Waals surface area (Å²) in [5, 5.41) is 2.93. The van der Waals surface area contributed by atoms with Crippen LogP contribution in [-0.2, 0) is 11.3 Å². The minimum Gasteiger partial charge on any atom is -0.494 e. The van der Waals surface area contributed by atoms with Crippen molar-refractivity contribution in [2.75, 3.05) is 6.61 Å². The first-order valence-corrected chi connectivity index (χ1v) is 8.84. The zero-order valence-corrected chi connectivity index (χ0v) is 15.7. The number of carbonyl (C=O) groups excluding carboxylic acids is 1. The number of hydrogen-bond donors (Lipinski definition) is 1. The Bertz CT molecular complexity index is 729. The maximum Gasteiger partial charge on any atom is 0.251 e. The topological polar surface area (TPSA) is 47.6 Å². The predicted octanol–water partition coefficient (Wildman–Crippen LogP) is 4.64. The maximum atomic E-state index is 13.0. The number of rotatable bonds is 8. The van der Waals surface area contributed by atoms with Crippen LogP contribution in [-0.4, -0.2) is 18.6 Å². The molecule has 0 bridgehead atoms. The Hall–Kier alpha value is -2.40. The monoisotopic (exact) mass is 359 g/mol. The zero-order valence-electron chi connectivity index (χ0n) is 15.7. The van der Waals surface area contributed by atoms with Gasteiger partial charge in [0.25, 0.3) is 5.91 Å². The van der Waals surface area contributed by atoms with Gasteiger partial charge in [0.15, 0.2) is 0 Å². The van der Waals surface area contributed by atoms with E-state index in [1.807, 2.05) is 27.7 Å². The Labute approximate surface area is 154 Å². The molecule has 0 aliphatic carbocycles. The molecule has 2 aromatic rings. The van der Waals surface area contributed by atoms with Crippen molar-refractivity contribution in [2.45, 2.75) is 46.4 Å². The quantitative estimate of drug-likeness (QED) is 0.747. The maximum absolute atomic E-state index is 13.0. The summed E-state index contributed by atoms with van der Waals surface area (Å²) >= 11 is 0. The molecule has 140 valence electrons. The van der Waals surface area contributed by atoms with Crippen molar-refractivity contribution < 1.29 is 18.7 Å². The second kappa shape index (κ2) is 9.34. The molecule has 0 aliphatic rings. The minimum absolute atomic E-state index is 0.0838. The highest BCUT2D eigenvalue weighted by Crippen LogP contribution is 2.23. The molecule has 5 heteroatoms. The molecule has 0 heterocycles. The zero-order chi connectivity index (χ0) is 19.1. The summed E-state index contributed by atoms with van der Waals surface area (Å²) in [5.74, 6) is 0.223. The lowest BCUT2D eigenvalue weighted by atomic mass is 10.1. The molecule has 0 radical (unpaired) electrons. The van der Waals surface area contributed by atoms with Gasteiger partial charge in [-0.2, -0.15) is 0 Å². The lowest BCUT2D eigenvalue weighted by Gasteiger charge is -2.16. The van der Waals surface area contributed by atoms with Gasteiger partial charge in [-0.1, -0.05) is 12.1 Å². The van der Waals surface area contributed by atoms with Gasteiger partial charge in [-0.05, 0) is 63.6 Å². The SMILES string of the molecule is CCOc1ccc(C(=O)NC(C)c2ccc(F)cc2)cc1COC(C)C. The number of hydrogen-bond acceptors (Lipinski definition) is 3. The minimum atomic E-state index is -0.298. The normalized spacial score (nSPS) is 12.1. The summed E-state index contributed by atoms with van der Waals surface area (Å²) in [5.41, 5.74) is 2.21. The lowest BCUT2D eigenvalue weighted by molar-refractivity contribution is 0.0641. The van der Waals surface area contributed by atoms with Crippen molar-refractivity contribution in [1.29, 1.82) is 0 Å². The molecule has 1 amide bonds. The highest BCUT2D eigenvalue weighted by Gasteiger charge is 2.14. The van der Waals surface area contributed by atoms with E-state index in [-0.39, 0.29) is 23.9 Å². The molecule has 0 spiro atoms. The third-order valence-corrected chi connectivity index (χ3v) is 3.91. The number of nitrogens with one attached hydrogen (secondary N) is 1. The highest BCUT2D eigenvalue weighted by molar-refractivity contribution is 5.94. The fraction of sp³-hybridized carbons (Fsp3) is 0.381. The third-order valence-electron chi connectivity index (χ3n) is 3.91. The molecular weight excluding hydrogens is 333 g/mol. The summed E-state index contributed by atoms with van der Waals surface area (Å²) in [4.78, 5) is 12.6. The average Bonchev–Trinajstić information content (AvgIpc) is 2.61. The summed E-state index contributed by atoms with van der Waals surface area (Å²) in [6, 6.07) is 11.2. The van der Waals surface area contributed by atoms with Crippen LogP contribution in [0.5, 0.6) is 5.75 Å². The van der Waals surface area contributed by atoms with Gasteiger partial charge in [-0.3, -0.25) is 4.79 Å². The molecule has 0 aromatic heterocycles. The van der Waals surface area contributed by atoms with Gasteiger partial charge in [-0.25, -0.2) is 4.39 Å². The Morgan fingerprint density at radius 2 is 1.81 bits per heavy atom. The van der Waals surface area contributed by atoms with Gasteiger partial charge in [0, 0.05) is 11.1 Å². The van der Waals surface area contributed by atoms with Gasteiger partial charge in [0.05, 0.1) is 25.4 Å². The molecule has 1 atom stereocenters. The van der Waals surface area contributed by atoms with Crippen molar-refractivity contribution in [3.8, 4) is 5.75 Å². The van der Waals surface area contributed by atoms with Crippen LogP contribution in [0.4, 0.5) is 4.39 Å². The Morgan fingerprint density at radius 1 is 1.12 bits per heavy atom. The summed E-state index contributed by atoms with van der Waals surface area (Å²) in [6.45, 7) is 8.62. The summed E-state index contributed by atoms with van der Waals surface area (Å²) < 4.78 is 24.3. The van der Waals surface area contributed by atoms with Gasteiger partial charge in [0.1, 0.15) is 11.6 Å². The molecule has 4 nitrogen and oxygen atoms in total. The molecule has 0 aliphatic heterocycles. The molecule has 2 rings (SSSR count). The largest absolute Gasteiger partial charge is 0.494 e. The predicted molar refractivity (Wildman–Crippen MR) is 99.8 cm³/mol. The van der Waals surface area contributed by atoms with Gasteiger partial charge < -0.3 is 14.8 Å². The highest BCUT2D eigenvalue weighted by atomic mass is 19.1. The molecule has 1 unspecified atom stereocenters. The van der Waals surface area contributed by atoms with E-state index in [9.17, 15) is 9.18 Å². The molecule has 0 saturated carbocycles. The Morgan fingerprint density at radius 3 is 2.42 bits per heavy atom. The first-order chi connectivity index (χ1) is 12.4. The first-order valence-electron chi connectivity index (χ1n) is 8.84. The van der Waals surface area contributed by atoms with Crippen molar-refractivity contribution in [3.05, 3.63) is 65.0 Å². The van der Waals surface area contributed by atoms with Crippen molar-refractivity contribution in [1.82, 2.24) is 5.32 Å². The van der Waals surface area contributed by atoms with Crippen molar-refractivity contribution in [2.24, 2.45) is 0 Å². The molecule has 2 aromatic carbocycles. The van der Waals surface area contributed by atoms with E-state index in [1.165, 1.54) is 12.1 Å². The molecule has 1 N–H and O–H groups in total. The van der Waals surface area contributed by atoms with Crippen LogP contribution in [0.2, 0.25) is 0 Å². The number of halogens is 1. The van der Waals surface area contributed by atoms with E-state index < -0.39 is 0 Å². The van der Waals surface area contributed by atoms with Gasteiger partial charge in [0.2, 0.25) is 0 Å². The van der Waals surface area contributed by atoms with Crippen molar-refractivity contribution in [3.63, 3.8) is 0 Å². The van der Waals surface area contributed by atoms with Gasteiger partial charge in [-0.15, -0.1) is 0 Å². The van der Waals surface area contributed by atoms with E-state index in [2.05, 4.69) is 5.32 Å². The van der Waals surface area contributed by atoms with E-state index in [1.54, 1.807) is 30.3 Å². The van der Waals surface area contributed by atoms with Crippen molar-refractivity contribution >= 4 is 5.91 Å². The number of ether oxygens (including phenoxy) is 2. The standard InChI is InChI=1S/C21H26FNO3/c1-5-25-20-11-8-17(12-18(20)13-26-14(2)3)21(24)23-15(4)16-6-9-19(22)10-7-16/h6-12,14-15H,5,13H2,1-4H3,(H,23,24). The lowest BCUT2D eigenvalue weighted by Crippen LogP contribution is -2.26. The van der Waals surface area contributed by atoms with Crippen LogP contribution in [0.25, 0.3) is 0 Å². The van der Waals surface area contributed by atoms with E-state index in [0.29, 0.717) is 18.8 Å². The van der Waals surface area contributed by atoms with Crippen LogP contribution in [0.1, 0.15) is 55.2 Å². The van der Waals surface area contributed by atoms with Crippen LogP contribution >= 0.6 is 0 Å². The van der Waals surface area contributed by atoms with Crippen LogP contribution in [0, 0.1) is 5.82 Å². The Kier molecular flexibility index (Phi) is 7.16. The van der Waals surface area contributed by atoms with Crippen LogP contribution in [0.3, 0.4) is 0 Å². The number of amides is 1. The van der Waals surface area contributed by atoms with E-state index in [4.69, 9.17) is 9.47 Å². The molecule has 0 saturated heterocycles. The smallest absolute Gasteiger partial charge is 0.251 e. The van der Waals surface area contributed by atoms with Gasteiger partial charge >= 0.3 is 0 Å². The van der Waals surface area contributed by atoms with Crippen LogP contribution < -0.4 is 10.1 Å². The molecular formula is C21H26FNO3. The number of benzene rings is 2. The van der Waals surface area contributed by atoms with E-state index >= 15 is 0 Å². The third kappa shape index (κ3) is 5.56. The molecule has 0 fully saturated rings. The first kappa shape index (κ1) is 19.9.